The van der Waals surface area contributed by atoms with Gasteiger partial charge in [0.2, 0.25) is 0 Å². The highest BCUT2D eigenvalue weighted by Crippen LogP contribution is 2.57. The van der Waals surface area contributed by atoms with Crippen LogP contribution in [-0.4, -0.2) is 0 Å². The molecule has 12 heavy (non-hydrogen) atoms. The molecule has 1 rings (SSSR count). The van der Waals surface area contributed by atoms with E-state index in [9.17, 15) is 0 Å². The van der Waals surface area contributed by atoms with E-state index in [0.717, 1.165) is 17.3 Å². The molecule has 0 aliphatic heterocycles. The Morgan fingerprint density at radius 2 is 1.67 bits per heavy atom. The maximum Gasteiger partial charge on any atom is -0.0269 e. The predicted molar refractivity (Wildman–Crippen MR) is 55.2 cm³/mol. The quantitative estimate of drug-likeness (QED) is 0.575. The van der Waals surface area contributed by atoms with E-state index in [0.29, 0.717) is 0 Å². The molecule has 0 bridgehead atoms. The fraction of sp³-hybridized carbons (Fsp3) is 1.00. The molecule has 0 saturated heterocycles. The topological polar surface area (TPSA) is 0 Å². The summed E-state index contributed by atoms with van der Waals surface area (Å²) in [4.78, 5) is 0. The molecule has 2 atom stereocenters. The van der Waals surface area contributed by atoms with Crippen molar-refractivity contribution in [3.05, 3.63) is 0 Å². The Morgan fingerprint density at radius 3 is 2.00 bits per heavy atom. The second-order valence-electron chi connectivity index (χ2n) is 4.89. The lowest BCUT2D eigenvalue weighted by Gasteiger charge is -2.25. The average molecular weight is 168 g/mol. The van der Waals surface area contributed by atoms with Crippen molar-refractivity contribution in [3.8, 4) is 0 Å². The zero-order valence-corrected chi connectivity index (χ0v) is 9.19. The molecule has 72 valence electrons. The molecule has 0 spiro atoms. The number of hydrogen-bond donors (Lipinski definition) is 0. The number of rotatable bonds is 5. The summed E-state index contributed by atoms with van der Waals surface area (Å²) in [6.45, 7) is 9.50. The zero-order chi connectivity index (χ0) is 9.19. The van der Waals surface area contributed by atoms with Crippen molar-refractivity contribution < 1.29 is 0 Å². The second kappa shape index (κ2) is 3.81. The van der Waals surface area contributed by atoms with Gasteiger partial charge in [-0.05, 0) is 36.5 Å². The van der Waals surface area contributed by atoms with Gasteiger partial charge < -0.3 is 0 Å². The average Bonchev–Trinajstić information content (AvgIpc) is 2.84. The predicted octanol–water partition coefficient (Wildman–Crippen LogP) is 4.25. The zero-order valence-electron chi connectivity index (χ0n) is 9.19. The van der Waals surface area contributed by atoms with Crippen LogP contribution in [0.5, 0.6) is 0 Å². The van der Waals surface area contributed by atoms with Gasteiger partial charge in [0.15, 0.2) is 0 Å². The Labute approximate surface area is 77.7 Å². The molecular formula is C12H24. The Bertz CT molecular complexity index is 133. The smallest absolute Gasteiger partial charge is 0.0269 e. The molecule has 1 saturated carbocycles. The highest BCUT2D eigenvalue weighted by Gasteiger charge is 2.46. The van der Waals surface area contributed by atoms with E-state index >= 15 is 0 Å². The molecule has 0 aromatic carbocycles. The van der Waals surface area contributed by atoms with Crippen molar-refractivity contribution in [2.75, 3.05) is 0 Å². The Hall–Kier alpha value is 0. The molecule has 1 aliphatic rings. The van der Waals surface area contributed by atoms with Gasteiger partial charge in [0.25, 0.3) is 0 Å². The minimum Gasteiger partial charge on any atom is -0.0651 e. The van der Waals surface area contributed by atoms with E-state index in [2.05, 4.69) is 27.7 Å². The summed E-state index contributed by atoms with van der Waals surface area (Å²) in [5, 5.41) is 0. The maximum atomic E-state index is 2.44. The van der Waals surface area contributed by atoms with Crippen LogP contribution in [0, 0.1) is 17.3 Å². The fourth-order valence-electron chi connectivity index (χ4n) is 2.33. The molecule has 0 unspecified atom stereocenters. The van der Waals surface area contributed by atoms with E-state index in [1.807, 2.05) is 0 Å². The van der Waals surface area contributed by atoms with Crippen LogP contribution >= 0.6 is 0 Å². The third-order valence-corrected chi connectivity index (χ3v) is 4.00. The van der Waals surface area contributed by atoms with Crippen LogP contribution in [0.25, 0.3) is 0 Å². The van der Waals surface area contributed by atoms with Crippen molar-refractivity contribution in [2.45, 2.75) is 59.8 Å². The minimum absolute atomic E-state index is 0.782. The SMILES string of the molecule is CC[C@@H](C)CC1([C@@H](C)CC)CC1. The lowest BCUT2D eigenvalue weighted by molar-refractivity contribution is 0.256. The van der Waals surface area contributed by atoms with Crippen LogP contribution in [0.4, 0.5) is 0 Å². The van der Waals surface area contributed by atoms with Crippen LogP contribution < -0.4 is 0 Å². The molecular weight excluding hydrogens is 144 g/mol. The first kappa shape index (κ1) is 10.1. The van der Waals surface area contributed by atoms with Crippen molar-refractivity contribution in [2.24, 2.45) is 17.3 Å². The summed E-state index contributed by atoms with van der Waals surface area (Å²) in [6.07, 6.45) is 7.23. The van der Waals surface area contributed by atoms with Gasteiger partial charge in [-0.2, -0.15) is 0 Å². The largest absolute Gasteiger partial charge is 0.0651 e. The van der Waals surface area contributed by atoms with Gasteiger partial charge >= 0.3 is 0 Å². The van der Waals surface area contributed by atoms with Crippen LogP contribution in [-0.2, 0) is 0 Å². The first-order valence-corrected chi connectivity index (χ1v) is 5.64. The molecule has 0 heterocycles. The third-order valence-electron chi connectivity index (χ3n) is 4.00. The van der Waals surface area contributed by atoms with Crippen molar-refractivity contribution in [3.63, 3.8) is 0 Å². The summed E-state index contributed by atoms with van der Waals surface area (Å²) >= 11 is 0. The Kier molecular flexibility index (Phi) is 3.20. The molecule has 0 amide bonds. The molecule has 1 fully saturated rings. The van der Waals surface area contributed by atoms with Crippen molar-refractivity contribution in [1.29, 1.82) is 0 Å². The van der Waals surface area contributed by atoms with Crippen LogP contribution in [0.3, 0.4) is 0 Å². The van der Waals surface area contributed by atoms with Gasteiger partial charge in [-0.3, -0.25) is 0 Å². The van der Waals surface area contributed by atoms with Crippen molar-refractivity contribution in [1.82, 2.24) is 0 Å². The van der Waals surface area contributed by atoms with E-state index in [1.54, 1.807) is 0 Å². The summed E-state index contributed by atoms with van der Waals surface area (Å²) in [7, 11) is 0. The van der Waals surface area contributed by atoms with Gasteiger partial charge in [-0.1, -0.05) is 40.5 Å². The third kappa shape index (κ3) is 2.02. The highest BCUT2D eigenvalue weighted by atomic mass is 14.5. The van der Waals surface area contributed by atoms with Crippen LogP contribution in [0.1, 0.15) is 59.8 Å². The molecule has 0 aromatic rings. The summed E-state index contributed by atoms with van der Waals surface area (Å²) in [5.41, 5.74) is 0.782. The van der Waals surface area contributed by atoms with Gasteiger partial charge in [-0.25, -0.2) is 0 Å². The maximum absolute atomic E-state index is 2.44. The summed E-state index contributed by atoms with van der Waals surface area (Å²) in [5.74, 6) is 1.91. The number of hydrogen-bond acceptors (Lipinski definition) is 0. The van der Waals surface area contributed by atoms with E-state index in [1.165, 1.54) is 32.1 Å². The normalized spacial score (nSPS) is 25.0. The Balaban J connectivity index is 2.39. The second-order valence-corrected chi connectivity index (χ2v) is 4.89. The molecule has 0 heteroatoms. The first-order valence-electron chi connectivity index (χ1n) is 5.64. The van der Waals surface area contributed by atoms with Crippen molar-refractivity contribution >= 4 is 0 Å². The van der Waals surface area contributed by atoms with E-state index < -0.39 is 0 Å². The lowest BCUT2D eigenvalue weighted by Crippen LogP contribution is -2.15. The minimum atomic E-state index is 0.782. The molecule has 1 aliphatic carbocycles. The fourth-order valence-corrected chi connectivity index (χ4v) is 2.33. The lowest BCUT2D eigenvalue weighted by atomic mass is 9.81. The Morgan fingerprint density at radius 1 is 1.08 bits per heavy atom. The van der Waals surface area contributed by atoms with Gasteiger partial charge in [-0.15, -0.1) is 0 Å². The van der Waals surface area contributed by atoms with Crippen LogP contribution in [0.2, 0.25) is 0 Å². The van der Waals surface area contributed by atoms with E-state index in [-0.39, 0.29) is 0 Å². The first-order chi connectivity index (χ1) is 5.64. The van der Waals surface area contributed by atoms with Gasteiger partial charge in [0.1, 0.15) is 0 Å². The monoisotopic (exact) mass is 168 g/mol. The molecule has 0 radical (unpaired) electrons. The standard InChI is InChI=1S/C12H24/c1-5-10(3)9-12(7-8-12)11(4)6-2/h10-11H,5-9H2,1-4H3/t10-,11+/m1/s1. The van der Waals surface area contributed by atoms with Gasteiger partial charge in [0.05, 0.1) is 0 Å². The molecule has 0 nitrogen and oxygen atoms in total. The van der Waals surface area contributed by atoms with E-state index in [4.69, 9.17) is 0 Å². The van der Waals surface area contributed by atoms with Gasteiger partial charge in [0, 0.05) is 0 Å². The molecule has 0 N–H and O–H groups in total. The summed E-state index contributed by atoms with van der Waals surface area (Å²) < 4.78 is 0. The van der Waals surface area contributed by atoms with Crippen LogP contribution in [0.15, 0.2) is 0 Å². The summed E-state index contributed by atoms with van der Waals surface area (Å²) in [6, 6.07) is 0. The highest BCUT2D eigenvalue weighted by molar-refractivity contribution is 4.96. The molecule has 0 aromatic heterocycles.